The number of nitrogens with zero attached hydrogens (tertiary/aromatic N) is 1. The summed E-state index contributed by atoms with van der Waals surface area (Å²) in [6, 6.07) is 14.2. The van der Waals surface area contributed by atoms with E-state index >= 15 is 0 Å². The standard InChI is InChI=1S/C21H26N2O3S/c1-15(2)13-16(3)23(18-9-10-19-17(14-18)11-12-22-19)27(24,25)21-8-6-5-7-20(21)26-4/h5-12,14-16,22H,13H2,1-4H3. The maximum atomic E-state index is 13.6. The van der Waals surface area contributed by atoms with Crippen LogP contribution in [0.3, 0.4) is 0 Å². The second kappa shape index (κ2) is 7.64. The Balaban J connectivity index is 2.16. The number of aromatic nitrogens is 1. The number of fused-ring (bicyclic) bond motifs is 1. The van der Waals surface area contributed by atoms with E-state index in [-0.39, 0.29) is 10.9 Å². The first-order chi connectivity index (χ1) is 12.8. The summed E-state index contributed by atoms with van der Waals surface area (Å²) in [5.74, 6) is 0.716. The molecule has 2 aromatic carbocycles. The lowest BCUT2D eigenvalue weighted by Crippen LogP contribution is -2.39. The van der Waals surface area contributed by atoms with E-state index in [0.29, 0.717) is 17.4 Å². The molecule has 1 atom stereocenters. The molecule has 5 nitrogen and oxygen atoms in total. The van der Waals surface area contributed by atoms with Gasteiger partial charge in [-0.3, -0.25) is 4.31 Å². The van der Waals surface area contributed by atoms with Crippen molar-refractivity contribution in [3.05, 3.63) is 54.7 Å². The van der Waals surface area contributed by atoms with Crippen molar-refractivity contribution in [2.45, 2.75) is 38.1 Å². The molecule has 6 heteroatoms. The zero-order valence-electron chi connectivity index (χ0n) is 16.1. The third-order valence-electron chi connectivity index (χ3n) is 4.61. The number of ether oxygens (including phenoxy) is 1. The molecule has 0 saturated carbocycles. The number of H-pyrrole nitrogens is 1. The molecule has 0 spiro atoms. The molecular weight excluding hydrogens is 360 g/mol. The van der Waals surface area contributed by atoms with E-state index in [1.165, 1.54) is 11.4 Å². The van der Waals surface area contributed by atoms with E-state index < -0.39 is 10.0 Å². The van der Waals surface area contributed by atoms with E-state index in [4.69, 9.17) is 4.74 Å². The Bertz CT molecular complexity index is 1020. The highest BCUT2D eigenvalue weighted by Gasteiger charge is 2.32. The normalized spacial score (nSPS) is 13.1. The van der Waals surface area contributed by atoms with E-state index in [9.17, 15) is 8.42 Å². The Hall–Kier alpha value is -2.47. The number of methoxy groups -OCH3 is 1. The van der Waals surface area contributed by atoms with Gasteiger partial charge in [0.25, 0.3) is 10.0 Å². The number of benzene rings is 2. The summed E-state index contributed by atoms with van der Waals surface area (Å²) in [5, 5.41) is 0.976. The molecule has 0 amide bonds. The van der Waals surface area contributed by atoms with Crippen molar-refractivity contribution in [2.24, 2.45) is 5.92 Å². The van der Waals surface area contributed by atoms with Gasteiger partial charge in [-0.25, -0.2) is 8.42 Å². The van der Waals surface area contributed by atoms with Gasteiger partial charge < -0.3 is 9.72 Å². The zero-order chi connectivity index (χ0) is 19.6. The van der Waals surface area contributed by atoms with Crippen molar-refractivity contribution in [2.75, 3.05) is 11.4 Å². The van der Waals surface area contributed by atoms with Crippen molar-refractivity contribution >= 4 is 26.6 Å². The first-order valence-electron chi connectivity index (χ1n) is 9.09. The molecule has 3 rings (SSSR count). The largest absolute Gasteiger partial charge is 0.495 e. The number of nitrogens with one attached hydrogen (secondary N) is 1. The summed E-state index contributed by atoms with van der Waals surface area (Å²) in [6.07, 6.45) is 2.60. The summed E-state index contributed by atoms with van der Waals surface area (Å²) in [4.78, 5) is 3.33. The fraction of sp³-hybridized carbons (Fsp3) is 0.333. The fourth-order valence-corrected chi connectivity index (χ4v) is 5.34. The molecule has 1 N–H and O–H groups in total. The molecule has 27 heavy (non-hydrogen) atoms. The smallest absolute Gasteiger partial charge is 0.268 e. The number of hydrogen-bond donors (Lipinski definition) is 1. The minimum Gasteiger partial charge on any atom is -0.495 e. The van der Waals surface area contributed by atoms with Gasteiger partial charge >= 0.3 is 0 Å². The highest BCUT2D eigenvalue weighted by Crippen LogP contribution is 2.34. The maximum Gasteiger partial charge on any atom is 0.268 e. The molecule has 1 heterocycles. The quantitative estimate of drug-likeness (QED) is 0.634. The number of rotatable bonds is 7. The SMILES string of the molecule is COc1ccccc1S(=O)(=O)N(c1ccc2[nH]ccc2c1)C(C)CC(C)C. The minimum atomic E-state index is -3.80. The van der Waals surface area contributed by atoms with Crippen molar-refractivity contribution in [1.29, 1.82) is 0 Å². The predicted molar refractivity (Wildman–Crippen MR) is 110 cm³/mol. The van der Waals surface area contributed by atoms with Crippen LogP contribution >= 0.6 is 0 Å². The molecule has 0 radical (unpaired) electrons. The summed E-state index contributed by atoms with van der Waals surface area (Å²) in [6.45, 7) is 6.15. The average molecular weight is 387 g/mol. The van der Waals surface area contributed by atoms with Gasteiger partial charge in [-0.1, -0.05) is 26.0 Å². The van der Waals surface area contributed by atoms with E-state index in [1.807, 2.05) is 37.4 Å². The van der Waals surface area contributed by atoms with Crippen LogP contribution in [0.1, 0.15) is 27.2 Å². The van der Waals surface area contributed by atoms with Crippen LogP contribution in [-0.4, -0.2) is 26.6 Å². The molecule has 1 aromatic heterocycles. The highest BCUT2D eigenvalue weighted by molar-refractivity contribution is 7.93. The van der Waals surface area contributed by atoms with Gasteiger partial charge in [0.15, 0.2) is 0 Å². The molecule has 0 fully saturated rings. The molecular formula is C21H26N2O3S. The third kappa shape index (κ3) is 3.81. The Morgan fingerprint density at radius 2 is 1.81 bits per heavy atom. The van der Waals surface area contributed by atoms with Gasteiger partial charge in [-0.2, -0.15) is 0 Å². The topological polar surface area (TPSA) is 62.4 Å². The van der Waals surface area contributed by atoms with Crippen LogP contribution in [0.4, 0.5) is 5.69 Å². The summed E-state index contributed by atoms with van der Waals surface area (Å²) in [5.41, 5.74) is 1.63. The molecule has 1 unspecified atom stereocenters. The summed E-state index contributed by atoms with van der Waals surface area (Å²) < 4.78 is 34.1. The van der Waals surface area contributed by atoms with Crippen LogP contribution < -0.4 is 9.04 Å². The lowest BCUT2D eigenvalue weighted by Gasteiger charge is -2.32. The van der Waals surface area contributed by atoms with E-state index in [2.05, 4.69) is 18.8 Å². The average Bonchev–Trinajstić information content (AvgIpc) is 3.08. The van der Waals surface area contributed by atoms with E-state index in [0.717, 1.165) is 17.3 Å². The monoisotopic (exact) mass is 386 g/mol. The maximum absolute atomic E-state index is 13.6. The Morgan fingerprint density at radius 3 is 2.52 bits per heavy atom. The molecule has 144 valence electrons. The number of aromatic amines is 1. The first kappa shape index (κ1) is 19.3. The van der Waals surface area contributed by atoms with Crippen LogP contribution in [0, 0.1) is 5.92 Å². The minimum absolute atomic E-state index is 0.178. The van der Waals surface area contributed by atoms with Crippen LogP contribution in [0.2, 0.25) is 0 Å². The van der Waals surface area contributed by atoms with Gasteiger partial charge in [0.05, 0.1) is 12.8 Å². The second-order valence-electron chi connectivity index (χ2n) is 7.18. The van der Waals surface area contributed by atoms with Crippen molar-refractivity contribution in [3.63, 3.8) is 0 Å². The number of para-hydroxylation sites is 1. The molecule has 0 saturated heterocycles. The van der Waals surface area contributed by atoms with Crippen LogP contribution in [-0.2, 0) is 10.0 Å². The van der Waals surface area contributed by atoms with Gasteiger partial charge in [-0.05, 0) is 55.7 Å². The van der Waals surface area contributed by atoms with Crippen LogP contribution in [0.15, 0.2) is 59.6 Å². The number of anilines is 1. The summed E-state index contributed by atoms with van der Waals surface area (Å²) >= 11 is 0. The Kier molecular flexibility index (Phi) is 5.46. The molecule has 0 aliphatic rings. The summed E-state index contributed by atoms with van der Waals surface area (Å²) in [7, 11) is -2.31. The van der Waals surface area contributed by atoms with Gasteiger partial charge in [0, 0.05) is 23.1 Å². The number of sulfonamides is 1. The van der Waals surface area contributed by atoms with Gasteiger partial charge in [-0.15, -0.1) is 0 Å². The van der Waals surface area contributed by atoms with Crippen molar-refractivity contribution in [1.82, 2.24) is 4.98 Å². The Labute approximate surface area is 161 Å². The first-order valence-corrected chi connectivity index (χ1v) is 10.5. The molecule has 3 aromatic rings. The van der Waals surface area contributed by atoms with E-state index in [1.54, 1.807) is 24.3 Å². The van der Waals surface area contributed by atoms with Crippen LogP contribution in [0.25, 0.3) is 10.9 Å². The molecule has 0 aliphatic heterocycles. The predicted octanol–water partition coefficient (Wildman–Crippen LogP) is 4.81. The lowest BCUT2D eigenvalue weighted by atomic mass is 10.0. The fourth-order valence-electron chi connectivity index (χ4n) is 3.52. The highest BCUT2D eigenvalue weighted by atomic mass is 32.2. The second-order valence-corrected chi connectivity index (χ2v) is 8.96. The van der Waals surface area contributed by atoms with Gasteiger partial charge in [0.1, 0.15) is 10.6 Å². The zero-order valence-corrected chi connectivity index (χ0v) is 17.0. The lowest BCUT2D eigenvalue weighted by molar-refractivity contribution is 0.402. The van der Waals surface area contributed by atoms with Crippen LogP contribution in [0.5, 0.6) is 5.75 Å². The van der Waals surface area contributed by atoms with Gasteiger partial charge in [0.2, 0.25) is 0 Å². The van der Waals surface area contributed by atoms with Crippen molar-refractivity contribution in [3.8, 4) is 5.75 Å². The third-order valence-corrected chi connectivity index (χ3v) is 6.59. The van der Waals surface area contributed by atoms with Crippen molar-refractivity contribution < 1.29 is 13.2 Å². The molecule has 0 aliphatic carbocycles. The Morgan fingerprint density at radius 1 is 1.07 bits per heavy atom. The number of hydrogen-bond acceptors (Lipinski definition) is 3. The molecule has 0 bridgehead atoms.